The van der Waals surface area contributed by atoms with Gasteiger partial charge in [-0.15, -0.1) is 10.2 Å². The summed E-state index contributed by atoms with van der Waals surface area (Å²) < 4.78 is 117. The fourth-order valence-electron chi connectivity index (χ4n) is 4.73. The molecule has 22 heteroatoms. The number of hydrogen-bond donors (Lipinski definition) is 4. The van der Waals surface area contributed by atoms with Gasteiger partial charge in [-0.25, -0.2) is 21.6 Å². The molecule has 0 radical (unpaired) electrons. The van der Waals surface area contributed by atoms with Crippen molar-refractivity contribution < 1.29 is 48.3 Å². The van der Waals surface area contributed by atoms with Gasteiger partial charge in [-0.3, -0.25) is 19.4 Å². The van der Waals surface area contributed by atoms with E-state index in [1.807, 2.05) is 0 Å². The first-order valence-corrected chi connectivity index (χ1v) is 20.9. The number of benzene rings is 4. The second kappa shape index (κ2) is 14.4. The molecule has 0 atom stereocenters. The van der Waals surface area contributed by atoms with Crippen LogP contribution in [0.2, 0.25) is 0 Å². The van der Waals surface area contributed by atoms with E-state index in [1.165, 1.54) is 44.4 Å². The summed E-state index contributed by atoms with van der Waals surface area (Å²) in [5.74, 6) is -1.39. The van der Waals surface area contributed by atoms with Crippen molar-refractivity contribution in [3.63, 3.8) is 0 Å². The van der Waals surface area contributed by atoms with E-state index in [0.29, 0.717) is 5.56 Å². The van der Waals surface area contributed by atoms with Gasteiger partial charge in [0.25, 0.3) is 15.8 Å². The topological polar surface area (TPSA) is 272 Å². The van der Waals surface area contributed by atoms with Crippen molar-refractivity contribution in [2.24, 2.45) is 10.2 Å². The van der Waals surface area contributed by atoms with E-state index in [1.54, 1.807) is 20.8 Å². The molecule has 0 amide bonds. The van der Waals surface area contributed by atoms with Crippen LogP contribution >= 0.6 is 0 Å². The van der Waals surface area contributed by atoms with Gasteiger partial charge in [0.2, 0.25) is 10.0 Å². The molecule has 52 heavy (non-hydrogen) atoms. The van der Waals surface area contributed by atoms with Gasteiger partial charge in [0.15, 0.2) is 9.84 Å². The zero-order valence-electron chi connectivity index (χ0n) is 28.2. The number of non-ortho nitro benzene ring substituents is 1. The van der Waals surface area contributed by atoms with Crippen molar-refractivity contribution in [1.29, 1.82) is 0 Å². The molecule has 0 unspecified atom stereocenters. The molecule has 0 spiro atoms. The molecule has 0 heterocycles. The predicted octanol–water partition coefficient (Wildman–Crippen LogP) is 4.43. The summed E-state index contributed by atoms with van der Waals surface area (Å²) in [7, 11) is -15.0. The molecule has 280 valence electrons. The molecule has 0 aliphatic heterocycles. The quantitative estimate of drug-likeness (QED) is 0.0633. The zero-order valence-corrected chi connectivity index (χ0v) is 31.4. The largest absolute Gasteiger partial charge is 0.506 e. The average Bonchev–Trinajstić information content (AvgIpc) is 3.02. The number of azo groups is 1. The third kappa shape index (κ3) is 9.25. The molecule has 4 rings (SSSR count). The molecular formula is C30H34N6O12S4. The van der Waals surface area contributed by atoms with Gasteiger partial charge in [-0.1, -0.05) is 24.3 Å². The number of nitrogens with zero attached hydrogens (tertiary/aromatic N) is 4. The van der Waals surface area contributed by atoms with Crippen LogP contribution in [0, 0.1) is 10.1 Å². The SMILES string of the molecule is CN(C)S(=O)(=O)Nc1cccc2c(O)c(S(=O)(=O)NC(C)(C)C)cc(/N=N/c3ccc([N+](=O)[O-])cc3S(=O)(=O)CCc3ccc(S(=O)(=O)O)cc3)c12. The summed E-state index contributed by atoms with van der Waals surface area (Å²) in [5, 5.41) is 30.7. The third-order valence-corrected chi connectivity index (χ3v) is 13.0. The molecule has 0 aliphatic rings. The van der Waals surface area contributed by atoms with Crippen LogP contribution in [0.25, 0.3) is 10.8 Å². The number of sulfonamides is 1. The Morgan fingerprint density at radius 3 is 2.02 bits per heavy atom. The van der Waals surface area contributed by atoms with Crippen molar-refractivity contribution in [2.45, 2.75) is 47.4 Å². The second-order valence-corrected chi connectivity index (χ2v) is 19.5. The van der Waals surface area contributed by atoms with Crippen molar-refractivity contribution in [2.75, 3.05) is 24.6 Å². The Labute approximate surface area is 300 Å². The second-order valence-electron chi connectivity index (χ2n) is 12.5. The number of phenolic OH excluding ortho intramolecular Hbond substituents is 1. The number of fused-ring (bicyclic) bond motifs is 1. The van der Waals surface area contributed by atoms with E-state index in [-0.39, 0.29) is 28.6 Å². The van der Waals surface area contributed by atoms with Gasteiger partial charge < -0.3 is 5.11 Å². The number of aryl methyl sites for hydroxylation is 1. The molecule has 4 aromatic rings. The van der Waals surface area contributed by atoms with Gasteiger partial charge in [-0.05, 0) is 63.1 Å². The first-order valence-electron chi connectivity index (χ1n) is 14.8. The number of aromatic hydroxyl groups is 1. The smallest absolute Gasteiger partial charge is 0.301 e. The fraction of sp³-hybridized carbons (Fsp3) is 0.267. The molecule has 0 aromatic heterocycles. The fourth-order valence-corrected chi connectivity index (χ4v) is 8.84. The van der Waals surface area contributed by atoms with Crippen LogP contribution < -0.4 is 9.44 Å². The van der Waals surface area contributed by atoms with Crippen LogP contribution in [0.3, 0.4) is 0 Å². The highest BCUT2D eigenvalue weighted by molar-refractivity contribution is 7.91. The Hall–Kier alpha value is -4.58. The average molecular weight is 799 g/mol. The minimum Gasteiger partial charge on any atom is -0.506 e. The number of phenols is 1. The molecule has 18 nitrogen and oxygen atoms in total. The standard InChI is InChI=1S/C30H34N6O12S4/c1-30(2,3)34-50(42,43)27-18-25(28-22(29(27)37)7-6-8-24(28)33-52(47,48)35(4)5)32-31-23-14-11-20(36(38)39)17-26(23)49(40,41)16-15-19-9-12-21(13-10-19)51(44,45)46/h6-14,17-18,33-34,37H,15-16H2,1-5H3,(H,44,45,46)/b32-31+. The predicted molar refractivity (Wildman–Crippen MR) is 191 cm³/mol. The Morgan fingerprint density at radius 1 is 0.846 bits per heavy atom. The Balaban J connectivity index is 1.91. The van der Waals surface area contributed by atoms with Gasteiger partial charge in [-0.2, -0.15) is 21.1 Å². The van der Waals surface area contributed by atoms with E-state index in [4.69, 9.17) is 0 Å². The Morgan fingerprint density at radius 2 is 1.46 bits per heavy atom. The minimum atomic E-state index is -4.50. The van der Waals surface area contributed by atoms with Crippen LogP contribution in [0.1, 0.15) is 26.3 Å². The summed E-state index contributed by atoms with van der Waals surface area (Å²) in [6, 6.07) is 12.3. The van der Waals surface area contributed by atoms with Crippen LogP contribution in [-0.4, -0.2) is 77.9 Å². The molecule has 0 bridgehead atoms. The molecular weight excluding hydrogens is 765 g/mol. The van der Waals surface area contributed by atoms with Crippen molar-refractivity contribution in [1.82, 2.24) is 9.03 Å². The van der Waals surface area contributed by atoms with E-state index in [0.717, 1.165) is 40.7 Å². The number of anilines is 1. The maximum Gasteiger partial charge on any atom is 0.301 e. The zero-order chi connectivity index (χ0) is 39.0. The summed E-state index contributed by atoms with van der Waals surface area (Å²) in [6.45, 7) is 4.67. The molecule has 0 saturated carbocycles. The van der Waals surface area contributed by atoms with Crippen LogP contribution in [-0.2, 0) is 46.6 Å². The highest BCUT2D eigenvalue weighted by Gasteiger charge is 2.29. The highest BCUT2D eigenvalue weighted by atomic mass is 32.2. The molecule has 0 aliphatic carbocycles. The lowest BCUT2D eigenvalue weighted by atomic mass is 10.1. The van der Waals surface area contributed by atoms with Crippen molar-refractivity contribution >= 4 is 73.7 Å². The highest BCUT2D eigenvalue weighted by Crippen LogP contribution is 2.43. The number of rotatable bonds is 13. The van der Waals surface area contributed by atoms with Crippen LogP contribution in [0.15, 0.2) is 91.6 Å². The molecule has 4 aromatic carbocycles. The summed E-state index contributed by atoms with van der Waals surface area (Å²) in [6.07, 6.45) is -0.187. The van der Waals surface area contributed by atoms with Gasteiger partial charge in [0.05, 0.1) is 26.9 Å². The maximum atomic E-state index is 13.6. The lowest BCUT2D eigenvalue weighted by Crippen LogP contribution is -2.40. The molecule has 0 saturated heterocycles. The van der Waals surface area contributed by atoms with E-state index < -0.39 is 88.2 Å². The minimum absolute atomic E-state index is 0.122. The first kappa shape index (κ1) is 40.2. The van der Waals surface area contributed by atoms with E-state index >= 15 is 0 Å². The first-order chi connectivity index (χ1) is 23.8. The monoisotopic (exact) mass is 798 g/mol. The lowest BCUT2D eigenvalue weighted by Gasteiger charge is -2.22. The third-order valence-electron chi connectivity index (χ3n) is 7.16. The van der Waals surface area contributed by atoms with Crippen LogP contribution in [0.5, 0.6) is 5.75 Å². The normalized spacial score (nSPS) is 13.2. The van der Waals surface area contributed by atoms with E-state index in [2.05, 4.69) is 19.7 Å². The Bertz CT molecular complexity index is 2530. The number of sulfone groups is 1. The molecule has 4 N–H and O–H groups in total. The van der Waals surface area contributed by atoms with Gasteiger partial charge in [0.1, 0.15) is 21.2 Å². The number of nitro groups is 1. The number of nitro benzene ring substituents is 1. The van der Waals surface area contributed by atoms with Crippen molar-refractivity contribution in [3.05, 3.63) is 82.4 Å². The number of nitrogens with one attached hydrogen (secondary N) is 2. The molecule has 0 fully saturated rings. The summed E-state index contributed by atoms with van der Waals surface area (Å²) >= 11 is 0. The van der Waals surface area contributed by atoms with Crippen LogP contribution in [0.4, 0.5) is 22.7 Å². The van der Waals surface area contributed by atoms with Gasteiger partial charge in [0, 0.05) is 42.5 Å². The van der Waals surface area contributed by atoms with E-state index in [9.17, 15) is 53.4 Å². The summed E-state index contributed by atoms with van der Waals surface area (Å²) in [5.41, 5.74) is -2.15. The van der Waals surface area contributed by atoms with Gasteiger partial charge >= 0.3 is 10.2 Å². The lowest BCUT2D eigenvalue weighted by molar-refractivity contribution is -0.385. The van der Waals surface area contributed by atoms with Crippen molar-refractivity contribution in [3.8, 4) is 5.75 Å². The maximum absolute atomic E-state index is 13.6. The number of hydrogen-bond acceptors (Lipinski definition) is 13. The summed E-state index contributed by atoms with van der Waals surface area (Å²) in [4.78, 5) is 9.09. The Kier molecular flexibility index (Phi) is 11.2.